The van der Waals surface area contributed by atoms with Crippen molar-refractivity contribution in [3.8, 4) is 5.75 Å². The van der Waals surface area contributed by atoms with Crippen molar-refractivity contribution in [2.24, 2.45) is 5.10 Å². The molecule has 0 unspecified atom stereocenters. The van der Waals surface area contributed by atoms with Crippen molar-refractivity contribution in [2.45, 2.75) is 13.5 Å². The van der Waals surface area contributed by atoms with Crippen LogP contribution in [0.15, 0.2) is 64.1 Å². The maximum atomic E-state index is 5.77. The van der Waals surface area contributed by atoms with Crippen LogP contribution in [0.25, 0.3) is 11.0 Å². The van der Waals surface area contributed by atoms with Crippen LogP contribution in [-0.2, 0) is 6.54 Å². The van der Waals surface area contributed by atoms with Crippen LogP contribution >= 0.6 is 12.2 Å². The molecule has 6 heteroatoms. The fourth-order valence-electron chi connectivity index (χ4n) is 2.32. The minimum atomic E-state index is 0.450. The smallest absolute Gasteiger partial charge is 0.187 e. The average Bonchev–Trinajstić information content (AvgIpc) is 3.09. The minimum absolute atomic E-state index is 0.450. The largest absolute Gasteiger partial charge is 0.497 e. The number of hydrogen-bond acceptors (Lipinski definition) is 4. The van der Waals surface area contributed by atoms with Gasteiger partial charge in [-0.15, -0.1) is 0 Å². The summed E-state index contributed by atoms with van der Waals surface area (Å²) in [4.78, 5) is 0. The first-order valence-corrected chi connectivity index (χ1v) is 8.26. The van der Waals surface area contributed by atoms with E-state index in [9.17, 15) is 0 Å². The molecule has 0 aliphatic carbocycles. The van der Waals surface area contributed by atoms with Crippen molar-refractivity contribution >= 4 is 34.0 Å². The maximum absolute atomic E-state index is 5.77. The van der Waals surface area contributed by atoms with Crippen LogP contribution in [0.4, 0.5) is 0 Å². The van der Waals surface area contributed by atoms with Gasteiger partial charge in [-0.3, -0.25) is 5.43 Å². The molecule has 1 heterocycles. The van der Waals surface area contributed by atoms with Crippen LogP contribution in [0, 0.1) is 0 Å². The standard InChI is InChI=1S/C19H19N3O2S/c1-13(18-11-15-5-3-4-6-17(15)24-18)21-22-19(25)20-12-14-7-9-16(23-2)10-8-14/h3-11H,12H2,1-2H3,(H2,20,22,25)/b21-13-. The van der Waals surface area contributed by atoms with E-state index in [0.29, 0.717) is 17.4 Å². The van der Waals surface area contributed by atoms with Crippen LogP contribution in [0.2, 0.25) is 0 Å². The number of ether oxygens (including phenoxy) is 1. The summed E-state index contributed by atoms with van der Waals surface area (Å²) >= 11 is 5.25. The predicted molar refractivity (Wildman–Crippen MR) is 104 cm³/mol. The Morgan fingerprint density at radius 3 is 2.64 bits per heavy atom. The Kier molecular flexibility index (Phi) is 5.30. The zero-order valence-electron chi connectivity index (χ0n) is 14.1. The number of fused-ring (bicyclic) bond motifs is 1. The van der Waals surface area contributed by atoms with E-state index in [1.54, 1.807) is 7.11 Å². The third-order valence-corrected chi connectivity index (χ3v) is 3.96. The molecule has 2 aromatic carbocycles. The third-order valence-electron chi connectivity index (χ3n) is 3.72. The van der Waals surface area contributed by atoms with Gasteiger partial charge in [0.2, 0.25) is 0 Å². The SMILES string of the molecule is COc1ccc(CNC(=S)N/N=C(/C)c2cc3ccccc3o2)cc1. The normalized spacial score (nSPS) is 11.4. The predicted octanol–water partition coefficient (Wildman–Crippen LogP) is 3.83. The van der Waals surface area contributed by atoms with Crippen LogP contribution in [0.5, 0.6) is 5.75 Å². The van der Waals surface area contributed by atoms with E-state index in [1.165, 1.54) is 0 Å². The highest BCUT2D eigenvalue weighted by Gasteiger charge is 2.06. The van der Waals surface area contributed by atoms with Gasteiger partial charge < -0.3 is 14.5 Å². The number of para-hydroxylation sites is 1. The number of rotatable bonds is 5. The van der Waals surface area contributed by atoms with Crippen molar-refractivity contribution in [1.82, 2.24) is 10.7 Å². The van der Waals surface area contributed by atoms with Crippen molar-refractivity contribution in [1.29, 1.82) is 0 Å². The van der Waals surface area contributed by atoms with E-state index in [-0.39, 0.29) is 0 Å². The Hall–Kier alpha value is -2.86. The first kappa shape index (κ1) is 17.0. The highest BCUT2D eigenvalue weighted by atomic mass is 32.1. The summed E-state index contributed by atoms with van der Waals surface area (Å²) in [5, 5.41) is 8.89. The van der Waals surface area contributed by atoms with Gasteiger partial charge in [0.15, 0.2) is 10.9 Å². The fourth-order valence-corrected chi connectivity index (χ4v) is 2.43. The van der Waals surface area contributed by atoms with Gasteiger partial charge in [-0.25, -0.2) is 0 Å². The van der Waals surface area contributed by atoms with Gasteiger partial charge in [-0.05, 0) is 49.0 Å². The van der Waals surface area contributed by atoms with Crippen LogP contribution in [0.1, 0.15) is 18.2 Å². The Balaban J connectivity index is 1.55. The molecule has 0 bridgehead atoms. The van der Waals surface area contributed by atoms with E-state index in [4.69, 9.17) is 21.4 Å². The summed E-state index contributed by atoms with van der Waals surface area (Å²) in [6.45, 7) is 2.48. The molecule has 0 amide bonds. The molecule has 0 saturated carbocycles. The van der Waals surface area contributed by atoms with Crippen molar-refractivity contribution < 1.29 is 9.15 Å². The van der Waals surface area contributed by atoms with Crippen LogP contribution < -0.4 is 15.5 Å². The second-order valence-corrected chi connectivity index (χ2v) is 5.90. The molecule has 2 N–H and O–H groups in total. The molecule has 3 rings (SSSR count). The van der Waals surface area contributed by atoms with E-state index in [0.717, 1.165) is 28.0 Å². The zero-order chi connectivity index (χ0) is 17.6. The Bertz CT molecular complexity index is 867. The van der Waals surface area contributed by atoms with Crippen molar-refractivity contribution in [3.63, 3.8) is 0 Å². The molecule has 25 heavy (non-hydrogen) atoms. The van der Waals surface area contributed by atoms with Crippen molar-refractivity contribution in [3.05, 3.63) is 65.9 Å². The van der Waals surface area contributed by atoms with E-state index in [2.05, 4.69) is 15.8 Å². The molecular weight excluding hydrogens is 334 g/mol. The highest BCUT2D eigenvalue weighted by Crippen LogP contribution is 2.19. The summed E-state index contributed by atoms with van der Waals surface area (Å²) in [6, 6.07) is 17.6. The highest BCUT2D eigenvalue weighted by molar-refractivity contribution is 7.80. The number of nitrogens with zero attached hydrogens (tertiary/aromatic N) is 1. The van der Waals surface area contributed by atoms with Gasteiger partial charge in [0.1, 0.15) is 17.0 Å². The lowest BCUT2D eigenvalue weighted by molar-refractivity contribution is 0.414. The summed E-state index contributed by atoms with van der Waals surface area (Å²) in [6.07, 6.45) is 0. The van der Waals surface area contributed by atoms with Gasteiger partial charge in [0, 0.05) is 11.9 Å². The molecule has 1 aromatic heterocycles. The Labute approximate surface area is 151 Å². The number of benzene rings is 2. The van der Waals surface area contributed by atoms with Crippen LogP contribution in [-0.4, -0.2) is 17.9 Å². The average molecular weight is 353 g/mol. The maximum Gasteiger partial charge on any atom is 0.187 e. The lowest BCUT2D eigenvalue weighted by Crippen LogP contribution is -2.32. The quantitative estimate of drug-likeness (QED) is 0.415. The molecule has 0 aliphatic rings. The minimum Gasteiger partial charge on any atom is -0.497 e. The number of hydrogen-bond donors (Lipinski definition) is 2. The first-order chi connectivity index (χ1) is 12.2. The van der Waals surface area contributed by atoms with Gasteiger partial charge in [-0.1, -0.05) is 30.3 Å². The molecule has 128 valence electrons. The molecule has 0 aliphatic heterocycles. The molecule has 3 aromatic rings. The number of nitrogens with one attached hydrogen (secondary N) is 2. The first-order valence-electron chi connectivity index (χ1n) is 7.86. The molecule has 0 fully saturated rings. The molecule has 0 radical (unpaired) electrons. The second-order valence-electron chi connectivity index (χ2n) is 5.49. The van der Waals surface area contributed by atoms with Gasteiger partial charge in [0.25, 0.3) is 0 Å². The summed E-state index contributed by atoms with van der Waals surface area (Å²) in [7, 11) is 1.65. The second kappa shape index (κ2) is 7.81. The van der Waals surface area contributed by atoms with Gasteiger partial charge in [0.05, 0.1) is 7.11 Å². The van der Waals surface area contributed by atoms with Gasteiger partial charge in [-0.2, -0.15) is 5.10 Å². The summed E-state index contributed by atoms with van der Waals surface area (Å²) in [5.74, 6) is 1.54. The molecule has 5 nitrogen and oxygen atoms in total. The third kappa shape index (κ3) is 4.36. The molecule has 0 saturated heterocycles. The van der Waals surface area contributed by atoms with Gasteiger partial charge >= 0.3 is 0 Å². The topological polar surface area (TPSA) is 58.8 Å². The zero-order valence-corrected chi connectivity index (χ0v) is 14.9. The van der Waals surface area contributed by atoms with Crippen LogP contribution in [0.3, 0.4) is 0 Å². The molecule has 0 atom stereocenters. The lowest BCUT2D eigenvalue weighted by atomic mass is 10.2. The van der Waals surface area contributed by atoms with Crippen molar-refractivity contribution in [2.75, 3.05) is 7.11 Å². The Morgan fingerprint density at radius 1 is 1.16 bits per heavy atom. The number of thiocarbonyl (C=S) groups is 1. The Morgan fingerprint density at radius 2 is 1.92 bits per heavy atom. The van der Waals surface area contributed by atoms with E-state index >= 15 is 0 Å². The number of methoxy groups -OCH3 is 1. The summed E-state index contributed by atoms with van der Waals surface area (Å²) < 4.78 is 10.9. The van der Waals surface area contributed by atoms with E-state index < -0.39 is 0 Å². The summed E-state index contributed by atoms with van der Waals surface area (Å²) in [5.41, 5.74) is 5.51. The number of furan rings is 1. The monoisotopic (exact) mass is 353 g/mol. The van der Waals surface area contributed by atoms with E-state index in [1.807, 2.05) is 61.5 Å². The number of hydrazone groups is 1. The fraction of sp³-hybridized carbons (Fsp3) is 0.158. The molecule has 0 spiro atoms. The molecular formula is C19H19N3O2S. The lowest BCUT2D eigenvalue weighted by Gasteiger charge is -2.08.